The number of aryl methyl sites for hydroxylation is 2. The van der Waals surface area contributed by atoms with Gasteiger partial charge in [-0.05, 0) is 42.9 Å². The highest BCUT2D eigenvalue weighted by Crippen LogP contribution is 2.33. The lowest BCUT2D eigenvalue weighted by atomic mass is 9.97. The molecule has 8 heteroatoms. The van der Waals surface area contributed by atoms with Crippen LogP contribution in [0.15, 0.2) is 29.1 Å². The van der Waals surface area contributed by atoms with E-state index in [1.54, 1.807) is 11.3 Å². The number of benzene rings is 1. The molecule has 1 saturated heterocycles. The maximum atomic E-state index is 12.9. The molecule has 0 bridgehead atoms. The molecule has 1 N–H and O–H groups in total. The molecule has 0 saturated carbocycles. The van der Waals surface area contributed by atoms with Crippen LogP contribution in [-0.4, -0.2) is 58.0 Å². The van der Waals surface area contributed by atoms with Crippen molar-refractivity contribution in [1.29, 1.82) is 0 Å². The molecule has 3 aliphatic rings. The van der Waals surface area contributed by atoms with Gasteiger partial charge in [0.2, 0.25) is 0 Å². The first-order valence-corrected chi connectivity index (χ1v) is 12.3. The molecule has 1 aromatic carbocycles. The van der Waals surface area contributed by atoms with E-state index in [4.69, 9.17) is 9.72 Å². The molecule has 0 spiro atoms. The Morgan fingerprint density at radius 1 is 1.16 bits per heavy atom. The molecule has 1 unspecified atom stereocenters. The summed E-state index contributed by atoms with van der Waals surface area (Å²) in [6, 6.07) is 7.87. The van der Waals surface area contributed by atoms with Gasteiger partial charge in [-0.25, -0.2) is 4.98 Å². The number of ether oxygens (including phenoxy) is 1. The number of carbonyl (C=O) groups excluding carboxylic acids is 1. The largest absolute Gasteiger partial charge is 0.480 e. The van der Waals surface area contributed by atoms with E-state index in [1.165, 1.54) is 16.9 Å². The van der Waals surface area contributed by atoms with Crippen LogP contribution in [0.5, 0.6) is 5.75 Å². The van der Waals surface area contributed by atoms with Gasteiger partial charge >= 0.3 is 0 Å². The number of nitrogens with zero attached hydrogens (tertiary/aromatic N) is 3. The zero-order valence-electron chi connectivity index (χ0n) is 17.9. The van der Waals surface area contributed by atoms with Crippen molar-refractivity contribution in [3.05, 3.63) is 56.4 Å². The van der Waals surface area contributed by atoms with E-state index < -0.39 is 6.10 Å². The summed E-state index contributed by atoms with van der Waals surface area (Å²) in [6.07, 6.45) is 4.64. The lowest BCUT2D eigenvalue weighted by Gasteiger charge is -2.35. The summed E-state index contributed by atoms with van der Waals surface area (Å²) in [7, 11) is 0. The highest BCUT2D eigenvalue weighted by Gasteiger charge is 2.33. The van der Waals surface area contributed by atoms with Crippen LogP contribution >= 0.6 is 11.3 Å². The van der Waals surface area contributed by atoms with E-state index in [0.29, 0.717) is 26.1 Å². The van der Waals surface area contributed by atoms with E-state index in [-0.39, 0.29) is 11.5 Å². The van der Waals surface area contributed by atoms with Crippen molar-refractivity contribution < 1.29 is 9.53 Å². The second-order valence-corrected chi connectivity index (χ2v) is 10.0. The van der Waals surface area contributed by atoms with Crippen molar-refractivity contribution in [3.8, 4) is 5.75 Å². The molecule has 7 nitrogen and oxygen atoms in total. The Morgan fingerprint density at radius 3 is 2.81 bits per heavy atom. The first-order chi connectivity index (χ1) is 15.7. The zero-order chi connectivity index (χ0) is 21.7. The predicted octanol–water partition coefficient (Wildman–Crippen LogP) is 2.51. The van der Waals surface area contributed by atoms with Crippen molar-refractivity contribution in [3.63, 3.8) is 0 Å². The van der Waals surface area contributed by atoms with E-state index in [9.17, 15) is 9.59 Å². The zero-order valence-corrected chi connectivity index (χ0v) is 18.7. The molecule has 1 atom stereocenters. The number of H-pyrrole nitrogens is 1. The standard InChI is InChI=1S/C24H26N4O3S/c29-22-21-16-6-2-4-8-19(16)32-23(21)26-20(25-22)14-27-9-11-28(12-10-27)24(30)18-13-15-5-1-3-7-17(15)31-18/h1,3,5,7,18H,2,4,6,8-14H2,(H,25,26,29). The molecule has 32 heavy (non-hydrogen) atoms. The van der Waals surface area contributed by atoms with Crippen molar-refractivity contribution in [2.75, 3.05) is 26.2 Å². The molecule has 166 valence electrons. The Labute approximate surface area is 190 Å². The number of para-hydroxylation sites is 1. The summed E-state index contributed by atoms with van der Waals surface area (Å²) in [5, 5.41) is 0.807. The molecule has 2 aromatic heterocycles. The van der Waals surface area contributed by atoms with E-state index >= 15 is 0 Å². The summed E-state index contributed by atoms with van der Waals surface area (Å²) in [6.45, 7) is 3.44. The van der Waals surface area contributed by atoms with Crippen LogP contribution in [0.4, 0.5) is 0 Å². The molecule has 1 aliphatic carbocycles. The first-order valence-electron chi connectivity index (χ1n) is 11.4. The average molecular weight is 451 g/mol. The number of aromatic amines is 1. The summed E-state index contributed by atoms with van der Waals surface area (Å²) >= 11 is 1.69. The molecule has 2 aliphatic heterocycles. The Hall–Kier alpha value is -2.71. The second-order valence-electron chi connectivity index (χ2n) is 8.92. The van der Waals surface area contributed by atoms with Crippen LogP contribution in [0.2, 0.25) is 0 Å². The van der Waals surface area contributed by atoms with Gasteiger partial charge in [-0.1, -0.05) is 18.2 Å². The lowest BCUT2D eigenvalue weighted by molar-refractivity contribution is -0.139. The van der Waals surface area contributed by atoms with Crippen LogP contribution in [0.1, 0.15) is 34.7 Å². The fraction of sp³-hybridized carbons (Fsp3) is 0.458. The van der Waals surface area contributed by atoms with Crippen molar-refractivity contribution in [2.45, 2.75) is 44.8 Å². The van der Waals surface area contributed by atoms with Gasteiger partial charge in [0.05, 0.1) is 11.9 Å². The Morgan fingerprint density at radius 2 is 1.97 bits per heavy atom. The Kier molecular flexibility index (Phi) is 4.99. The number of piperazine rings is 1. The normalized spacial score (nSPS) is 20.8. The van der Waals surface area contributed by atoms with Crippen molar-refractivity contribution in [1.82, 2.24) is 19.8 Å². The third-order valence-electron chi connectivity index (χ3n) is 6.85. The highest BCUT2D eigenvalue weighted by atomic mass is 32.1. The van der Waals surface area contributed by atoms with Gasteiger partial charge < -0.3 is 14.6 Å². The lowest BCUT2D eigenvalue weighted by Crippen LogP contribution is -2.52. The minimum absolute atomic E-state index is 0.00355. The van der Waals surface area contributed by atoms with Gasteiger partial charge in [0.15, 0.2) is 6.10 Å². The molecular formula is C24H26N4O3S. The molecule has 6 rings (SSSR count). The number of nitrogens with one attached hydrogen (secondary N) is 1. The summed E-state index contributed by atoms with van der Waals surface area (Å²) in [4.78, 5) is 39.9. The number of fused-ring (bicyclic) bond motifs is 4. The number of amides is 1. The fourth-order valence-electron chi connectivity index (χ4n) is 5.14. The summed E-state index contributed by atoms with van der Waals surface area (Å²) < 4.78 is 5.88. The minimum Gasteiger partial charge on any atom is -0.480 e. The number of rotatable bonds is 3. The minimum atomic E-state index is -0.413. The monoisotopic (exact) mass is 450 g/mol. The SMILES string of the molecule is O=C(C1Cc2ccccc2O1)N1CCN(Cc2nc3sc4c(c3c(=O)[nH]2)CCCC4)CC1. The summed E-state index contributed by atoms with van der Waals surface area (Å²) in [5.74, 6) is 1.61. The van der Waals surface area contributed by atoms with Gasteiger partial charge in [-0.2, -0.15) is 0 Å². The third kappa shape index (κ3) is 3.51. The van der Waals surface area contributed by atoms with E-state index in [1.807, 2.05) is 29.2 Å². The molecule has 0 radical (unpaired) electrons. The Bertz CT molecular complexity index is 1220. The van der Waals surface area contributed by atoms with Gasteiger partial charge in [0.25, 0.3) is 11.5 Å². The smallest absolute Gasteiger partial charge is 0.264 e. The second kappa shape index (κ2) is 8.01. The number of aromatic nitrogens is 2. The van der Waals surface area contributed by atoms with Crippen LogP contribution in [0.3, 0.4) is 0 Å². The molecule has 1 amide bonds. The maximum Gasteiger partial charge on any atom is 0.264 e. The number of hydrogen-bond acceptors (Lipinski definition) is 6. The van der Waals surface area contributed by atoms with Gasteiger partial charge in [-0.15, -0.1) is 11.3 Å². The van der Waals surface area contributed by atoms with Gasteiger partial charge in [-0.3, -0.25) is 14.5 Å². The fourth-order valence-corrected chi connectivity index (χ4v) is 6.43. The quantitative estimate of drug-likeness (QED) is 0.664. The van der Waals surface area contributed by atoms with E-state index in [0.717, 1.165) is 59.7 Å². The molecular weight excluding hydrogens is 424 g/mol. The number of hydrogen-bond donors (Lipinski definition) is 1. The van der Waals surface area contributed by atoms with Crippen molar-refractivity contribution in [2.24, 2.45) is 0 Å². The third-order valence-corrected chi connectivity index (χ3v) is 8.04. The van der Waals surface area contributed by atoms with Gasteiger partial charge in [0, 0.05) is 37.5 Å². The highest BCUT2D eigenvalue weighted by molar-refractivity contribution is 7.18. The summed E-state index contributed by atoms with van der Waals surface area (Å²) in [5.41, 5.74) is 2.32. The number of carbonyl (C=O) groups is 1. The van der Waals surface area contributed by atoms with Crippen molar-refractivity contribution >= 4 is 27.5 Å². The topological polar surface area (TPSA) is 78.5 Å². The Balaban J connectivity index is 1.10. The maximum absolute atomic E-state index is 12.9. The van der Waals surface area contributed by atoms with Gasteiger partial charge in [0.1, 0.15) is 16.4 Å². The van der Waals surface area contributed by atoms with E-state index in [2.05, 4.69) is 9.88 Å². The van der Waals surface area contributed by atoms with Crippen LogP contribution < -0.4 is 10.3 Å². The predicted molar refractivity (Wildman–Crippen MR) is 123 cm³/mol. The molecule has 1 fully saturated rings. The van der Waals surface area contributed by atoms with Crippen LogP contribution in [0.25, 0.3) is 10.2 Å². The van der Waals surface area contributed by atoms with Crippen LogP contribution in [0, 0.1) is 0 Å². The molecule has 3 aromatic rings. The average Bonchev–Trinajstić information content (AvgIpc) is 3.40. The number of thiophene rings is 1. The molecule has 4 heterocycles. The first kappa shape index (κ1) is 19.9. The van der Waals surface area contributed by atoms with Crippen LogP contribution in [-0.2, 0) is 30.6 Å².